The van der Waals surface area contributed by atoms with Gasteiger partial charge < -0.3 is 25.4 Å². The number of amides is 1. The number of aliphatic hydroxyl groups is 3. The molecule has 19 heavy (non-hydrogen) atoms. The number of carbonyl (C=O) groups excluding carboxylic acids is 1. The maximum Gasteiger partial charge on any atom is 0.351 e. The van der Waals surface area contributed by atoms with E-state index in [-0.39, 0.29) is 5.82 Å². The number of nitrogens with zero attached hydrogens (tertiary/aromatic N) is 2. The highest BCUT2D eigenvalue weighted by atomic mass is 16.6. The predicted octanol–water partition coefficient (Wildman–Crippen LogP) is -2.58. The molecular weight excluding hydrogens is 258 g/mol. The van der Waals surface area contributed by atoms with Crippen molar-refractivity contribution in [3.05, 3.63) is 22.7 Å². The molecule has 1 aliphatic rings. The van der Waals surface area contributed by atoms with Crippen LogP contribution in [-0.4, -0.2) is 56.2 Å². The van der Waals surface area contributed by atoms with Crippen LogP contribution in [0.25, 0.3) is 0 Å². The first-order chi connectivity index (χ1) is 9.08. The molecule has 1 aromatic rings. The molecule has 2 heterocycles. The minimum absolute atomic E-state index is 0.0583. The molecule has 104 valence electrons. The largest absolute Gasteiger partial charge is 0.394 e. The van der Waals surface area contributed by atoms with Gasteiger partial charge in [-0.3, -0.25) is 9.36 Å². The van der Waals surface area contributed by atoms with E-state index in [1.54, 1.807) is 0 Å². The molecule has 4 N–H and O–H groups in total. The van der Waals surface area contributed by atoms with Crippen molar-refractivity contribution >= 4 is 12.2 Å². The molecule has 0 radical (unpaired) electrons. The second-order valence-electron chi connectivity index (χ2n) is 3.99. The highest BCUT2D eigenvalue weighted by Gasteiger charge is 2.43. The number of carbonyl (C=O) groups is 1. The lowest BCUT2D eigenvalue weighted by Gasteiger charge is -2.17. The zero-order valence-electron chi connectivity index (χ0n) is 9.71. The lowest BCUT2D eigenvalue weighted by molar-refractivity contribution is -0.105. The molecule has 4 atom stereocenters. The molecule has 0 aromatic carbocycles. The number of rotatable bonds is 4. The summed E-state index contributed by atoms with van der Waals surface area (Å²) in [6, 6.07) is 1.34. The first-order valence-corrected chi connectivity index (χ1v) is 5.50. The summed E-state index contributed by atoms with van der Waals surface area (Å²) in [6.45, 7) is -0.484. The Kier molecular flexibility index (Phi) is 3.90. The molecule has 1 aliphatic heterocycles. The van der Waals surface area contributed by atoms with E-state index >= 15 is 0 Å². The van der Waals surface area contributed by atoms with E-state index in [4.69, 9.17) is 9.84 Å². The van der Waals surface area contributed by atoms with Gasteiger partial charge in [-0.1, -0.05) is 0 Å². The van der Waals surface area contributed by atoms with Crippen molar-refractivity contribution in [3.63, 3.8) is 0 Å². The molecule has 1 fully saturated rings. The summed E-state index contributed by atoms with van der Waals surface area (Å²) in [5.41, 5.74) is -0.762. The number of aromatic nitrogens is 2. The third kappa shape index (κ3) is 2.49. The highest BCUT2D eigenvalue weighted by molar-refractivity contribution is 5.68. The average Bonchev–Trinajstić information content (AvgIpc) is 2.67. The van der Waals surface area contributed by atoms with Crippen LogP contribution in [0.15, 0.2) is 17.1 Å². The lowest BCUT2D eigenvalue weighted by Crippen LogP contribution is -2.36. The number of anilines is 1. The van der Waals surface area contributed by atoms with Gasteiger partial charge in [-0.25, -0.2) is 4.79 Å². The molecule has 0 saturated carbocycles. The number of ether oxygens (including phenoxy) is 1. The van der Waals surface area contributed by atoms with E-state index < -0.39 is 36.8 Å². The monoisotopic (exact) mass is 271 g/mol. The van der Waals surface area contributed by atoms with Crippen molar-refractivity contribution < 1.29 is 24.9 Å². The van der Waals surface area contributed by atoms with E-state index in [0.717, 1.165) is 4.57 Å². The van der Waals surface area contributed by atoms with Crippen LogP contribution >= 0.6 is 0 Å². The van der Waals surface area contributed by atoms with Crippen molar-refractivity contribution in [2.75, 3.05) is 11.9 Å². The van der Waals surface area contributed by atoms with Gasteiger partial charge in [0.2, 0.25) is 6.41 Å². The highest BCUT2D eigenvalue weighted by Crippen LogP contribution is 2.27. The molecule has 1 unspecified atom stereocenters. The third-order valence-corrected chi connectivity index (χ3v) is 2.83. The minimum atomic E-state index is -1.36. The Hall–Kier alpha value is -1.81. The van der Waals surface area contributed by atoms with Crippen LogP contribution in [0, 0.1) is 0 Å². The molecule has 9 nitrogen and oxygen atoms in total. The Bertz CT molecular complexity index is 518. The summed E-state index contributed by atoms with van der Waals surface area (Å²) in [4.78, 5) is 25.5. The number of nitrogens with one attached hydrogen (secondary N) is 1. The first-order valence-electron chi connectivity index (χ1n) is 5.50. The Labute approximate surface area is 107 Å². The lowest BCUT2D eigenvalue weighted by atomic mass is 10.1. The van der Waals surface area contributed by atoms with E-state index in [2.05, 4.69) is 10.3 Å². The second-order valence-corrected chi connectivity index (χ2v) is 3.99. The molecule has 9 heteroatoms. The van der Waals surface area contributed by atoms with Gasteiger partial charge in [0.05, 0.1) is 6.61 Å². The van der Waals surface area contributed by atoms with Crippen molar-refractivity contribution in [3.8, 4) is 0 Å². The molecule has 0 spiro atoms. The van der Waals surface area contributed by atoms with Gasteiger partial charge in [-0.2, -0.15) is 4.98 Å². The zero-order valence-corrected chi connectivity index (χ0v) is 9.71. The summed E-state index contributed by atoms with van der Waals surface area (Å²) < 4.78 is 6.16. The second kappa shape index (κ2) is 5.45. The number of aliphatic hydroxyl groups excluding tert-OH is 3. The van der Waals surface area contributed by atoms with Crippen molar-refractivity contribution in [2.45, 2.75) is 24.5 Å². The van der Waals surface area contributed by atoms with E-state index in [1.807, 2.05) is 0 Å². The fraction of sp³-hybridized carbons (Fsp3) is 0.500. The summed E-state index contributed by atoms with van der Waals surface area (Å²) in [7, 11) is 0. The summed E-state index contributed by atoms with van der Waals surface area (Å²) in [6.07, 6.45) is -3.13. The summed E-state index contributed by atoms with van der Waals surface area (Å²) in [5, 5.41) is 30.5. The molecule has 1 amide bonds. The van der Waals surface area contributed by atoms with Crippen LogP contribution in [0.1, 0.15) is 6.23 Å². The fourth-order valence-electron chi connectivity index (χ4n) is 1.86. The smallest absolute Gasteiger partial charge is 0.351 e. The Morgan fingerprint density at radius 3 is 2.74 bits per heavy atom. The summed E-state index contributed by atoms with van der Waals surface area (Å²) in [5.74, 6) is 0.0583. The van der Waals surface area contributed by atoms with Crippen LogP contribution in [0.2, 0.25) is 0 Å². The molecular formula is C10H13N3O6. The fourth-order valence-corrected chi connectivity index (χ4v) is 1.86. The zero-order chi connectivity index (χ0) is 14.0. The normalized spacial score (nSPS) is 30.3. The Morgan fingerprint density at radius 2 is 2.21 bits per heavy atom. The van der Waals surface area contributed by atoms with Crippen LogP contribution in [0.4, 0.5) is 5.82 Å². The molecule has 0 aliphatic carbocycles. The van der Waals surface area contributed by atoms with E-state index in [1.165, 1.54) is 12.3 Å². The van der Waals surface area contributed by atoms with Gasteiger partial charge in [0.25, 0.3) is 0 Å². The van der Waals surface area contributed by atoms with E-state index in [0.29, 0.717) is 6.41 Å². The van der Waals surface area contributed by atoms with Gasteiger partial charge >= 0.3 is 5.69 Å². The molecule has 1 aromatic heterocycles. The quantitative estimate of drug-likeness (QED) is 0.442. The van der Waals surface area contributed by atoms with Gasteiger partial charge in [-0.05, 0) is 6.07 Å². The average molecular weight is 271 g/mol. The standard InChI is InChI=1S/C10H13N3O6/c14-3-5-7(16)8(17)9(19-5)13-2-1-6(11-4-15)12-10(13)18/h1-2,4-5,7-9,14,16-17H,3H2,(H,11,12,15,18)/t5-,7-,8-,9?/m1/s1. The van der Waals surface area contributed by atoms with Crippen molar-refractivity contribution in [2.24, 2.45) is 0 Å². The topological polar surface area (TPSA) is 134 Å². The van der Waals surface area contributed by atoms with Crippen LogP contribution in [-0.2, 0) is 9.53 Å². The first kappa shape index (κ1) is 13.6. The van der Waals surface area contributed by atoms with Crippen LogP contribution < -0.4 is 11.0 Å². The minimum Gasteiger partial charge on any atom is -0.394 e. The number of hydrogen-bond acceptors (Lipinski definition) is 7. The Morgan fingerprint density at radius 1 is 1.47 bits per heavy atom. The maximum absolute atomic E-state index is 11.7. The van der Waals surface area contributed by atoms with Crippen LogP contribution in [0.3, 0.4) is 0 Å². The predicted molar refractivity (Wildman–Crippen MR) is 61.2 cm³/mol. The van der Waals surface area contributed by atoms with Gasteiger partial charge in [-0.15, -0.1) is 0 Å². The Balaban J connectivity index is 2.28. The third-order valence-electron chi connectivity index (χ3n) is 2.83. The number of hydrogen-bond donors (Lipinski definition) is 4. The van der Waals surface area contributed by atoms with E-state index in [9.17, 15) is 19.8 Å². The molecule has 1 saturated heterocycles. The van der Waals surface area contributed by atoms with Gasteiger partial charge in [0, 0.05) is 6.20 Å². The maximum atomic E-state index is 11.7. The van der Waals surface area contributed by atoms with Crippen LogP contribution in [0.5, 0.6) is 0 Å². The van der Waals surface area contributed by atoms with Gasteiger partial charge in [0.15, 0.2) is 6.23 Å². The van der Waals surface area contributed by atoms with Gasteiger partial charge in [0.1, 0.15) is 24.1 Å². The molecule has 0 bridgehead atoms. The SMILES string of the molecule is O=CNc1ccn(C2O[C@H](CO)[C@@H](O)[C@H]2O)c(=O)n1. The van der Waals surface area contributed by atoms with Crippen molar-refractivity contribution in [1.82, 2.24) is 9.55 Å². The molecule has 2 rings (SSSR count). The van der Waals surface area contributed by atoms with Crippen molar-refractivity contribution in [1.29, 1.82) is 0 Å². The summed E-state index contributed by atoms with van der Waals surface area (Å²) >= 11 is 0.